The number of hydrogen-bond donors (Lipinski definition) is 1. The molecule has 0 saturated carbocycles. The number of nitrogens with one attached hydrogen (secondary N) is 1. The molecule has 0 aliphatic rings. The Kier molecular flexibility index (Phi) is 3.15. The molecular formula is C12H12N6O2S. The quantitative estimate of drug-likeness (QED) is 0.703. The summed E-state index contributed by atoms with van der Waals surface area (Å²) in [5, 5.41) is 3.95. The summed E-state index contributed by atoms with van der Waals surface area (Å²) in [7, 11) is -2.37. The Balaban J connectivity index is 2.12. The molecule has 1 N–H and O–H groups in total. The predicted octanol–water partition coefficient (Wildman–Crippen LogP) is 0.403. The van der Waals surface area contributed by atoms with Crippen LogP contribution in [-0.4, -0.2) is 40.0 Å². The van der Waals surface area contributed by atoms with Crippen molar-refractivity contribution in [1.29, 1.82) is 0 Å². The zero-order valence-corrected chi connectivity index (χ0v) is 12.2. The van der Waals surface area contributed by atoms with Crippen molar-refractivity contribution in [3.8, 4) is 11.4 Å². The Morgan fingerprint density at radius 3 is 2.71 bits per heavy atom. The fourth-order valence-electron chi connectivity index (χ4n) is 1.84. The lowest BCUT2D eigenvalue weighted by Gasteiger charge is -2.04. The fraction of sp³-hybridized carbons (Fsp3) is 0.167. The summed E-state index contributed by atoms with van der Waals surface area (Å²) in [5.41, 5.74) is 2.50. The van der Waals surface area contributed by atoms with Gasteiger partial charge in [0, 0.05) is 18.5 Å². The van der Waals surface area contributed by atoms with Crippen LogP contribution in [0.4, 0.5) is 0 Å². The molecule has 0 aliphatic carbocycles. The van der Waals surface area contributed by atoms with Gasteiger partial charge in [-0.15, -0.1) is 0 Å². The van der Waals surface area contributed by atoms with Crippen LogP contribution in [-0.2, 0) is 10.0 Å². The molecule has 3 aromatic heterocycles. The molecule has 0 fully saturated rings. The predicted molar refractivity (Wildman–Crippen MR) is 75.0 cm³/mol. The number of fused-ring (bicyclic) bond motifs is 1. The van der Waals surface area contributed by atoms with E-state index in [9.17, 15) is 8.42 Å². The van der Waals surface area contributed by atoms with E-state index in [1.165, 1.54) is 13.2 Å². The maximum atomic E-state index is 11.7. The van der Waals surface area contributed by atoms with E-state index in [0.717, 1.165) is 5.69 Å². The molecule has 0 unspecified atom stereocenters. The third kappa shape index (κ3) is 2.48. The molecule has 3 rings (SSSR count). The van der Waals surface area contributed by atoms with Gasteiger partial charge in [-0.25, -0.2) is 32.6 Å². The standard InChI is InChI=1S/C12H12N6O2S/c1-8-7-11-15-10(4-6-18(11)17-8)9-3-5-14-12(16-9)21(19,20)13-2/h3-7,13H,1-2H3. The highest BCUT2D eigenvalue weighted by molar-refractivity contribution is 7.89. The highest BCUT2D eigenvalue weighted by Gasteiger charge is 2.16. The van der Waals surface area contributed by atoms with Gasteiger partial charge in [-0.3, -0.25) is 0 Å². The molecule has 0 atom stereocenters. The maximum Gasteiger partial charge on any atom is 0.276 e. The second-order valence-corrected chi connectivity index (χ2v) is 6.11. The zero-order valence-electron chi connectivity index (χ0n) is 11.3. The minimum atomic E-state index is -3.68. The molecule has 0 aliphatic heterocycles. The second kappa shape index (κ2) is 4.86. The van der Waals surface area contributed by atoms with Gasteiger partial charge in [0.05, 0.1) is 17.1 Å². The van der Waals surface area contributed by atoms with Crippen LogP contribution in [0.2, 0.25) is 0 Å². The van der Waals surface area contributed by atoms with Crippen molar-refractivity contribution < 1.29 is 8.42 Å². The lowest BCUT2D eigenvalue weighted by atomic mass is 10.3. The van der Waals surface area contributed by atoms with Crippen LogP contribution >= 0.6 is 0 Å². The zero-order chi connectivity index (χ0) is 15.0. The Bertz CT molecular complexity index is 918. The van der Waals surface area contributed by atoms with Gasteiger partial charge in [0.15, 0.2) is 5.65 Å². The van der Waals surface area contributed by atoms with Crippen LogP contribution in [0.5, 0.6) is 0 Å². The summed E-state index contributed by atoms with van der Waals surface area (Å²) < 4.78 is 27.3. The second-order valence-electron chi connectivity index (χ2n) is 4.33. The SMILES string of the molecule is CNS(=O)(=O)c1nccc(-c2ccn3nc(C)cc3n2)n1. The smallest absolute Gasteiger partial charge is 0.227 e. The number of aryl methyl sites for hydroxylation is 1. The van der Waals surface area contributed by atoms with Gasteiger partial charge < -0.3 is 0 Å². The average molecular weight is 304 g/mol. The highest BCUT2D eigenvalue weighted by atomic mass is 32.2. The third-order valence-corrected chi connectivity index (χ3v) is 4.07. The molecule has 0 bridgehead atoms. The van der Waals surface area contributed by atoms with E-state index >= 15 is 0 Å². The Hall–Kier alpha value is -2.39. The molecule has 3 heterocycles. The molecule has 8 nitrogen and oxygen atoms in total. The normalized spacial score (nSPS) is 11.9. The Labute approximate surface area is 120 Å². The van der Waals surface area contributed by atoms with Gasteiger partial charge in [-0.1, -0.05) is 0 Å². The Morgan fingerprint density at radius 1 is 1.19 bits per heavy atom. The fourth-order valence-corrected chi connectivity index (χ4v) is 2.45. The van der Waals surface area contributed by atoms with Crippen molar-refractivity contribution in [3.63, 3.8) is 0 Å². The number of hydrogen-bond acceptors (Lipinski definition) is 6. The van der Waals surface area contributed by atoms with E-state index in [4.69, 9.17) is 0 Å². The first-order valence-corrected chi connectivity index (χ1v) is 7.58. The van der Waals surface area contributed by atoms with Crippen molar-refractivity contribution in [2.75, 3.05) is 7.05 Å². The molecule has 0 saturated heterocycles. The highest BCUT2D eigenvalue weighted by Crippen LogP contribution is 2.16. The van der Waals surface area contributed by atoms with E-state index in [2.05, 4.69) is 24.8 Å². The summed E-state index contributed by atoms with van der Waals surface area (Å²) in [6.07, 6.45) is 3.14. The van der Waals surface area contributed by atoms with E-state index in [-0.39, 0.29) is 5.16 Å². The van der Waals surface area contributed by atoms with Crippen LogP contribution in [0.25, 0.3) is 17.0 Å². The lowest BCUT2D eigenvalue weighted by Crippen LogP contribution is -2.21. The minimum absolute atomic E-state index is 0.283. The van der Waals surface area contributed by atoms with Crippen molar-refractivity contribution in [3.05, 3.63) is 36.3 Å². The molecule has 0 amide bonds. The van der Waals surface area contributed by atoms with E-state index in [1.54, 1.807) is 22.8 Å². The summed E-state index contributed by atoms with van der Waals surface area (Å²) >= 11 is 0. The van der Waals surface area contributed by atoms with Crippen molar-refractivity contribution in [2.24, 2.45) is 0 Å². The first kappa shape index (κ1) is 13.6. The van der Waals surface area contributed by atoms with Gasteiger partial charge >= 0.3 is 0 Å². The molecule has 3 aromatic rings. The minimum Gasteiger partial charge on any atom is -0.227 e. The average Bonchev–Trinajstić information content (AvgIpc) is 2.86. The van der Waals surface area contributed by atoms with Gasteiger partial charge in [-0.2, -0.15) is 5.10 Å². The van der Waals surface area contributed by atoms with E-state index in [1.807, 2.05) is 13.0 Å². The van der Waals surface area contributed by atoms with Crippen molar-refractivity contribution >= 4 is 15.7 Å². The van der Waals surface area contributed by atoms with Gasteiger partial charge in [-0.05, 0) is 26.1 Å². The van der Waals surface area contributed by atoms with Crippen LogP contribution in [0.15, 0.2) is 35.7 Å². The molecule has 0 radical (unpaired) electrons. The summed E-state index contributed by atoms with van der Waals surface area (Å²) in [6.45, 7) is 1.87. The van der Waals surface area contributed by atoms with E-state index in [0.29, 0.717) is 17.0 Å². The Morgan fingerprint density at radius 2 is 1.95 bits per heavy atom. The molecule has 21 heavy (non-hydrogen) atoms. The molecule has 9 heteroatoms. The maximum absolute atomic E-state index is 11.7. The number of rotatable bonds is 3. The van der Waals surface area contributed by atoms with Crippen LogP contribution < -0.4 is 4.72 Å². The number of nitrogens with zero attached hydrogens (tertiary/aromatic N) is 5. The summed E-state index contributed by atoms with van der Waals surface area (Å²) in [5.74, 6) is 0. The third-order valence-electron chi connectivity index (χ3n) is 2.85. The van der Waals surface area contributed by atoms with Crippen molar-refractivity contribution in [1.82, 2.24) is 29.3 Å². The molecule has 108 valence electrons. The topological polar surface area (TPSA) is 102 Å². The first-order valence-electron chi connectivity index (χ1n) is 6.09. The van der Waals surface area contributed by atoms with Gasteiger partial charge in [0.25, 0.3) is 15.2 Å². The van der Waals surface area contributed by atoms with Crippen LogP contribution in [0.3, 0.4) is 0 Å². The largest absolute Gasteiger partial charge is 0.276 e. The molecule has 0 aromatic carbocycles. The monoisotopic (exact) mass is 304 g/mol. The summed E-state index contributed by atoms with van der Waals surface area (Å²) in [4.78, 5) is 12.2. The number of sulfonamides is 1. The molecule has 0 spiro atoms. The van der Waals surface area contributed by atoms with Gasteiger partial charge in [0.2, 0.25) is 0 Å². The first-order chi connectivity index (χ1) is 9.99. The van der Waals surface area contributed by atoms with Gasteiger partial charge in [0.1, 0.15) is 0 Å². The number of aromatic nitrogens is 5. The van der Waals surface area contributed by atoms with Crippen LogP contribution in [0.1, 0.15) is 5.69 Å². The lowest BCUT2D eigenvalue weighted by molar-refractivity contribution is 0.579. The van der Waals surface area contributed by atoms with E-state index < -0.39 is 10.0 Å². The van der Waals surface area contributed by atoms with Crippen LogP contribution in [0, 0.1) is 6.92 Å². The summed E-state index contributed by atoms with van der Waals surface area (Å²) in [6, 6.07) is 5.16. The molecular weight excluding hydrogens is 292 g/mol. The van der Waals surface area contributed by atoms with Crippen molar-refractivity contribution in [2.45, 2.75) is 12.1 Å².